The summed E-state index contributed by atoms with van der Waals surface area (Å²) >= 11 is 8.01. The minimum absolute atomic E-state index is 0.556. The summed E-state index contributed by atoms with van der Waals surface area (Å²) in [5.41, 5.74) is 2.17. The second-order valence-electron chi connectivity index (χ2n) is 3.50. The zero-order valence-corrected chi connectivity index (χ0v) is 9.66. The fraction of sp³-hybridized carbons (Fsp3) is 0.500. The van der Waals surface area contributed by atoms with Crippen molar-refractivity contribution in [2.45, 2.75) is 19.4 Å². The van der Waals surface area contributed by atoms with Gasteiger partial charge in [0.1, 0.15) is 0 Å². The predicted molar refractivity (Wildman–Crippen MR) is 63.3 cm³/mol. The van der Waals surface area contributed by atoms with Gasteiger partial charge in [-0.15, -0.1) is 0 Å². The zero-order valence-electron chi connectivity index (χ0n) is 8.09. The van der Waals surface area contributed by atoms with Gasteiger partial charge in [-0.3, -0.25) is 0 Å². The quantitative estimate of drug-likeness (QED) is 0.788. The first-order valence-corrected chi connectivity index (χ1v) is 6.26. The van der Waals surface area contributed by atoms with Crippen LogP contribution in [0.15, 0.2) is 12.3 Å². The van der Waals surface area contributed by atoms with E-state index in [9.17, 15) is 0 Å². The number of hydrogen-bond donors (Lipinski definition) is 1. The molecule has 0 aromatic carbocycles. The molecule has 1 atom stereocenters. The van der Waals surface area contributed by atoms with Crippen LogP contribution in [0.1, 0.15) is 12.0 Å². The van der Waals surface area contributed by atoms with E-state index in [-0.39, 0.29) is 0 Å². The molecule has 1 aromatic rings. The highest BCUT2D eigenvalue weighted by Gasteiger charge is 2.17. The number of pyridine rings is 1. The maximum absolute atomic E-state index is 6.03. The molecule has 1 unspecified atom stereocenters. The molecule has 2 rings (SSSR count). The third-order valence-electron chi connectivity index (χ3n) is 2.39. The lowest BCUT2D eigenvalue weighted by molar-refractivity contribution is 0.810. The number of anilines is 1. The molecule has 4 heteroatoms. The molecule has 0 radical (unpaired) electrons. The molecule has 0 spiro atoms. The smallest absolute Gasteiger partial charge is 0.152 e. The number of hydrogen-bond acceptors (Lipinski definition) is 3. The Kier molecular flexibility index (Phi) is 3.19. The summed E-state index contributed by atoms with van der Waals surface area (Å²) in [6, 6.07) is 2.54. The molecule has 1 N–H and O–H groups in total. The third kappa shape index (κ3) is 2.15. The van der Waals surface area contributed by atoms with Crippen molar-refractivity contribution in [3.8, 4) is 0 Å². The molecule has 1 aromatic heterocycles. The number of halogens is 1. The Balaban J connectivity index is 2.14. The van der Waals surface area contributed by atoms with Crippen LogP contribution in [0, 0.1) is 6.92 Å². The molecule has 0 saturated carbocycles. The van der Waals surface area contributed by atoms with Gasteiger partial charge < -0.3 is 5.32 Å². The Morgan fingerprint density at radius 2 is 2.50 bits per heavy atom. The minimum Gasteiger partial charge on any atom is -0.379 e. The summed E-state index contributed by atoms with van der Waals surface area (Å²) in [4.78, 5) is 4.08. The molecule has 1 aliphatic heterocycles. The normalized spacial score (nSPS) is 21.1. The minimum atomic E-state index is 0.556. The van der Waals surface area contributed by atoms with Gasteiger partial charge in [-0.25, -0.2) is 4.98 Å². The molecule has 76 valence electrons. The first kappa shape index (κ1) is 10.1. The van der Waals surface area contributed by atoms with Crippen LogP contribution in [0.25, 0.3) is 0 Å². The summed E-state index contributed by atoms with van der Waals surface area (Å²) in [7, 11) is 0. The van der Waals surface area contributed by atoms with Crippen LogP contribution in [-0.2, 0) is 0 Å². The van der Waals surface area contributed by atoms with Crippen molar-refractivity contribution >= 4 is 29.1 Å². The van der Waals surface area contributed by atoms with E-state index in [1.165, 1.54) is 23.5 Å². The Morgan fingerprint density at radius 1 is 1.64 bits per heavy atom. The van der Waals surface area contributed by atoms with Crippen molar-refractivity contribution in [3.63, 3.8) is 0 Å². The van der Waals surface area contributed by atoms with Crippen LogP contribution in [0.2, 0.25) is 5.15 Å². The molecule has 2 nitrogen and oxygen atoms in total. The second-order valence-corrected chi connectivity index (χ2v) is 5.01. The van der Waals surface area contributed by atoms with Crippen LogP contribution in [-0.4, -0.2) is 22.5 Å². The van der Waals surface area contributed by atoms with Gasteiger partial charge in [0.15, 0.2) is 5.15 Å². The van der Waals surface area contributed by atoms with Gasteiger partial charge in [0, 0.05) is 18.0 Å². The van der Waals surface area contributed by atoms with Gasteiger partial charge in [0.05, 0.1) is 5.69 Å². The molecule has 14 heavy (non-hydrogen) atoms. The van der Waals surface area contributed by atoms with E-state index < -0.39 is 0 Å². The summed E-state index contributed by atoms with van der Waals surface area (Å²) < 4.78 is 0. The average molecular weight is 229 g/mol. The highest BCUT2D eigenvalue weighted by molar-refractivity contribution is 7.99. The van der Waals surface area contributed by atoms with Crippen molar-refractivity contribution in [3.05, 3.63) is 23.0 Å². The number of rotatable bonds is 2. The first-order valence-electron chi connectivity index (χ1n) is 4.73. The van der Waals surface area contributed by atoms with Crippen molar-refractivity contribution in [1.82, 2.24) is 4.98 Å². The van der Waals surface area contributed by atoms with Crippen LogP contribution >= 0.6 is 23.4 Å². The highest BCUT2D eigenvalue weighted by Crippen LogP contribution is 2.27. The van der Waals surface area contributed by atoms with Crippen LogP contribution in [0.4, 0.5) is 5.69 Å². The van der Waals surface area contributed by atoms with Crippen molar-refractivity contribution < 1.29 is 0 Å². The molecule has 2 heterocycles. The Bertz CT molecular complexity index is 304. The van der Waals surface area contributed by atoms with Crippen molar-refractivity contribution in [2.24, 2.45) is 0 Å². The van der Waals surface area contributed by atoms with E-state index in [2.05, 4.69) is 17.2 Å². The Morgan fingerprint density at radius 3 is 3.14 bits per heavy atom. The van der Waals surface area contributed by atoms with E-state index in [0.717, 1.165) is 5.69 Å². The molecule has 0 aliphatic carbocycles. The second kappa shape index (κ2) is 4.41. The third-order valence-corrected chi connectivity index (χ3v) is 3.84. The lowest BCUT2D eigenvalue weighted by atomic mass is 10.2. The molecule has 1 fully saturated rings. The number of aryl methyl sites for hydroxylation is 1. The van der Waals surface area contributed by atoms with Gasteiger partial charge >= 0.3 is 0 Å². The van der Waals surface area contributed by atoms with Crippen molar-refractivity contribution in [1.29, 1.82) is 0 Å². The Labute approximate surface area is 93.4 Å². The van der Waals surface area contributed by atoms with Crippen LogP contribution in [0.3, 0.4) is 0 Å². The number of thioether (sulfide) groups is 1. The average Bonchev–Trinajstić information content (AvgIpc) is 2.64. The van der Waals surface area contributed by atoms with Crippen molar-refractivity contribution in [2.75, 3.05) is 16.8 Å². The fourth-order valence-electron chi connectivity index (χ4n) is 1.55. The summed E-state index contributed by atoms with van der Waals surface area (Å²) in [6.45, 7) is 2.05. The van der Waals surface area contributed by atoms with Crippen LogP contribution in [0.5, 0.6) is 0 Å². The Hall–Kier alpha value is -0.410. The molecule has 0 bridgehead atoms. The van der Waals surface area contributed by atoms with E-state index >= 15 is 0 Å². The molecule has 1 saturated heterocycles. The summed E-state index contributed by atoms with van der Waals surface area (Å²) in [5.74, 6) is 2.42. The number of nitrogens with zero attached hydrogens (tertiary/aromatic N) is 1. The lowest BCUT2D eigenvalue weighted by Crippen LogP contribution is -2.19. The summed E-state index contributed by atoms with van der Waals surface area (Å²) in [5, 5.41) is 4.05. The van der Waals surface area contributed by atoms with Gasteiger partial charge in [0.25, 0.3) is 0 Å². The molecule has 0 amide bonds. The maximum Gasteiger partial charge on any atom is 0.152 e. The van der Waals surface area contributed by atoms with Gasteiger partial charge in [-0.2, -0.15) is 11.8 Å². The van der Waals surface area contributed by atoms with E-state index in [4.69, 9.17) is 11.6 Å². The number of aromatic nitrogens is 1. The molecular formula is C10H13ClN2S. The van der Waals surface area contributed by atoms with Gasteiger partial charge in [0.2, 0.25) is 0 Å². The first-order chi connectivity index (χ1) is 6.77. The predicted octanol–water partition coefficient (Wildman–Crippen LogP) is 2.96. The van der Waals surface area contributed by atoms with Crippen LogP contribution < -0.4 is 5.32 Å². The van der Waals surface area contributed by atoms with E-state index in [0.29, 0.717) is 11.2 Å². The summed E-state index contributed by atoms with van der Waals surface area (Å²) in [6.07, 6.45) is 2.96. The molecule has 1 aliphatic rings. The monoisotopic (exact) mass is 228 g/mol. The standard InChI is InChI=1S/C10H13ClN2S/c1-7-2-4-12-10(11)9(7)13-8-3-5-14-6-8/h2,4,8,13H,3,5-6H2,1H3. The van der Waals surface area contributed by atoms with E-state index in [1.54, 1.807) is 6.20 Å². The maximum atomic E-state index is 6.03. The van der Waals surface area contributed by atoms with Gasteiger partial charge in [-0.1, -0.05) is 11.6 Å². The van der Waals surface area contributed by atoms with Gasteiger partial charge in [-0.05, 0) is 30.7 Å². The number of nitrogens with one attached hydrogen (secondary N) is 1. The largest absolute Gasteiger partial charge is 0.379 e. The SMILES string of the molecule is Cc1ccnc(Cl)c1NC1CCSC1. The highest BCUT2D eigenvalue weighted by atomic mass is 35.5. The molecular weight excluding hydrogens is 216 g/mol. The zero-order chi connectivity index (χ0) is 9.97. The fourth-order valence-corrected chi connectivity index (χ4v) is 2.96. The lowest BCUT2D eigenvalue weighted by Gasteiger charge is -2.15. The topological polar surface area (TPSA) is 24.9 Å². The van der Waals surface area contributed by atoms with E-state index in [1.807, 2.05) is 17.8 Å².